The molecule has 2 atom stereocenters. The highest BCUT2D eigenvalue weighted by atomic mass is 32.1. The van der Waals surface area contributed by atoms with Crippen LogP contribution in [0.1, 0.15) is 80.3 Å². The van der Waals surface area contributed by atoms with E-state index in [-0.39, 0.29) is 11.9 Å². The zero-order valence-electron chi connectivity index (χ0n) is 15.2. The average molecular weight is 367 g/mol. The minimum atomic E-state index is -0.634. The Labute approximate surface area is 153 Å². The fourth-order valence-corrected chi connectivity index (χ4v) is 4.22. The Hall–Kier alpha value is -1.47. The van der Waals surface area contributed by atoms with Crippen molar-refractivity contribution in [3.63, 3.8) is 0 Å². The van der Waals surface area contributed by atoms with Gasteiger partial charge in [0.1, 0.15) is 16.7 Å². The molecule has 7 heteroatoms. The van der Waals surface area contributed by atoms with Crippen LogP contribution in [0.4, 0.5) is 0 Å². The molecule has 0 aliphatic heterocycles. The molecule has 25 heavy (non-hydrogen) atoms. The molecule has 1 aliphatic carbocycles. The Bertz CT molecular complexity index is 581. The van der Waals surface area contributed by atoms with Gasteiger partial charge in [-0.2, -0.15) is 0 Å². The Morgan fingerprint density at radius 1 is 1.32 bits per heavy atom. The molecule has 2 rings (SSSR count). The molecule has 140 valence electrons. The maximum atomic E-state index is 12.4. The van der Waals surface area contributed by atoms with Crippen LogP contribution in [0.25, 0.3) is 0 Å². The number of primary amides is 1. The molecule has 0 aromatic carbocycles. The second kappa shape index (κ2) is 9.29. The zero-order chi connectivity index (χ0) is 18.4. The number of nitrogens with two attached hydrogens (primary N) is 2. The van der Waals surface area contributed by atoms with Crippen molar-refractivity contribution in [2.45, 2.75) is 70.9 Å². The third-order valence-corrected chi connectivity index (χ3v) is 5.72. The summed E-state index contributed by atoms with van der Waals surface area (Å²) in [7, 11) is 0. The van der Waals surface area contributed by atoms with Crippen molar-refractivity contribution in [2.75, 3.05) is 0 Å². The van der Waals surface area contributed by atoms with Gasteiger partial charge in [-0.1, -0.05) is 46.0 Å². The summed E-state index contributed by atoms with van der Waals surface area (Å²) in [4.78, 5) is 28.5. The summed E-state index contributed by atoms with van der Waals surface area (Å²) in [5.41, 5.74) is 11.9. The van der Waals surface area contributed by atoms with Gasteiger partial charge >= 0.3 is 0 Å². The van der Waals surface area contributed by atoms with E-state index in [2.05, 4.69) is 24.1 Å². The lowest BCUT2D eigenvalue weighted by molar-refractivity contribution is -0.120. The molecule has 1 fully saturated rings. The monoisotopic (exact) mass is 366 g/mol. The Morgan fingerprint density at radius 3 is 2.60 bits per heavy atom. The molecule has 1 aromatic rings. The molecule has 0 radical (unpaired) electrons. The summed E-state index contributed by atoms with van der Waals surface area (Å²) < 4.78 is 0. The van der Waals surface area contributed by atoms with E-state index in [9.17, 15) is 9.59 Å². The van der Waals surface area contributed by atoms with Crippen molar-refractivity contribution in [1.82, 2.24) is 10.3 Å². The summed E-state index contributed by atoms with van der Waals surface area (Å²) in [6.45, 7) is 4.20. The number of hydrogen-bond acceptors (Lipinski definition) is 5. The van der Waals surface area contributed by atoms with Crippen LogP contribution in [-0.2, 0) is 4.79 Å². The summed E-state index contributed by atoms with van der Waals surface area (Å²) in [6, 6.07) is -0.800. The van der Waals surface area contributed by atoms with E-state index in [4.69, 9.17) is 11.5 Å². The molecular formula is C18H30N4O2S. The van der Waals surface area contributed by atoms with Crippen molar-refractivity contribution in [3.05, 3.63) is 16.1 Å². The van der Waals surface area contributed by atoms with E-state index in [1.165, 1.54) is 30.6 Å². The van der Waals surface area contributed by atoms with Gasteiger partial charge in [-0.3, -0.25) is 9.59 Å². The molecule has 1 saturated carbocycles. The minimum Gasteiger partial charge on any atom is -0.368 e. The van der Waals surface area contributed by atoms with Gasteiger partial charge in [-0.25, -0.2) is 4.98 Å². The lowest BCUT2D eigenvalue weighted by Gasteiger charge is -2.25. The standard InChI is InChI=1S/C18H30N4O2S/c1-11(2)8-13(19)18-22-15(10-25-18)17(24)21-14(16(20)23)9-12-6-4-3-5-7-12/h10-14H,3-9,19H2,1-2H3,(H2,20,23)(H,21,24). The average Bonchev–Trinajstić information content (AvgIpc) is 3.04. The molecule has 1 heterocycles. The predicted molar refractivity (Wildman–Crippen MR) is 100 cm³/mol. The van der Waals surface area contributed by atoms with Gasteiger partial charge in [0.25, 0.3) is 5.91 Å². The largest absolute Gasteiger partial charge is 0.368 e. The van der Waals surface area contributed by atoms with Crippen LogP contribution < -0.4 is 16.8 Å². The van der Waals surface area contributed by atoms with E-state index in [0.717, 1.165) is 24.3 Å². The van der Waals surface area contributed by atoms with Gasteiger partial charge in [0.2, 0.25) is 5.91 Å². The summed E-state index contributed by atoms with van der Waals surface area (Å²) in [5.74, 6) is 0.0904. The van der Waals surface area contributed by atoms with Crippen LogP contribution in [-0.4, -0.2) is 22.8 Å². The number of carbonyl (C=O) groups excluding carboxylic acids is 2. The van der Waals surface area contributed by atoms with Crippen LogP contribution >= 0.6 is 11.3 Å². The number of rotatable bonds is 8. The van der Waals surface area contributed by atoms with Crippen LogP contribution in [0.2, 0.25) is 0 Å². The maximum Gasteiger partial charge on any atom is 0.271 e. The van der Waals surface area contributed by atoms with Crippen LogP contribution in [0.3, 0.4) is 0 Å². The van der Waals surface area contributed by atoms with E-state index < -0.39 is 11.9 Å². The van der Waals surface area contributed by atoms with Gasteiger partial charge in [-0.15, -0.1) is 11.3 Å². The first-order chi connectivity index (χ1) is 11.9. The lowest BCUT2D eigenvalue weighted by atomic mass is 9.84. The Balaban J connectivity index is 1.96. The van der Waals surface area contributed by atoms with Crippen molar-refractivity contribution < 1.29 is 9.59 Å². The fourth-order valence-electron chi connectivity index (χ4n) is 3.41. The van der Waals surface area contributed by atoms with Gasteiger partial charge < -0.3 is 16.8 Å². The molecule has 2 amide bonds. The number of nitrogens with one attached hydrogen (secondary N) is 1. The third-order valence-electron chi connectivity index (χ3n) is 4.74. The van der Waals surface area contributed by atoms with Crippen molar-refractivity contribution in [1.29, 1.82) is 0 Å². The van der Waals surface area contributed by atoms with Gasteiger partial charge in [0, 0.05) is 5.38 Å². The molecule has 0 spiro atoms. The van der Waals surface area contributed by atoms with Crippen LogP contribution in [0, 0.1) is 11.8 Å². The second-order valence-electron chi connectivity index (χ2n) is 7.48. The van der Waals surface area contributed by atoms with Crippen molar-refractivity contribution in [3.8, 4) is 0 Å². The highest BCUT2D eigenvalue weighted by Gasteiger charge is 2.25. The topological polar surface area (TPSA) is 111 Å². The van der Waals surface area contributed by atoms with E-state index in [1.54, 1.807) is 5.38 Å². The van der Waals surface area contributed by atoms with Gasteiger partial charge in [-0.05, 0) is 24.7 Å². The SMILES string of the molecule is CC(C)CC(N)c1nc(C(=O)NC(CC2CCCCC2)C(N)=O)cs1. The van der Waals surface area contributed by atoms with E-state index in [0.29, 0.717) is 24.0 Å². The zero-order valence-corrected chi connectivity index (χ0v) is 16.0. The maximum absolute atomic E-state index is 12.4. The molecule has 1 aliphatic rings. The number of thiazole rings is 1. The minimum absolute atomic E-state index is 0.166. The van der Waals surface area contributed by atoms with Crippen molar-refractivity contribution >= 4 is 23.2 Å². The van der Waals surface area contributed by atoms with Gasteiger partial charge in [0.05, 0.1) is 6.04 Å². The highest BCUT2D eigenvalue weighted by Crippen LogP contribution is 2.27. The third kappa shape index (κ3) is 6.08. The highest BCUT2D eigenvalue weighted by molar-refractivity contribution is 7.09. The van der Waals surface area contributed by atoms with Crippen LogP contribution in [0.5, 0.6) is 0 Å². The number of nitrogens with zero attached hydrogens (tertiary/aromatic N) is 1. The van der Waals surface area contributed by atoms with Gasteiger partial charge in [0.15, 0.2) is 0 Å². The predicted octanol–water partition coefficient (Wildman–Crippen LogP) is 2.74. The number of carbonyl (C=O) groups is 2. The number of aromatic nitrogens is 1. The molecule has 0 bridgehead atoms. The first-order valence-electron chi connectivity index (χ1n) is 9.18. The van der Waals surface area contributed by atoms with E-state index in [1.807, 2.05) is 0 Å². The van der Waals surface area contributed by atoms with Crippen LogP contribution in [0.15, 0.2) is 5.38 Å². The summed E-state index contributed by atoms with van der Waals surface area (Å²) in [5, 5.41) is 5.21. The lowest BCUT2D eigenvalue weighted by Crippen LogP contribution is -2.45. The fraction of sp³-hybridized carbons (Fsp3) is 0.722. The smallest absolute Gasteiger partial charge is 0.271 e. The molecule has 1 aromatic heterocycles. The Kier molecular flexibility index (Phi) is 7.38. The molecule has 5 N–H and O–H groups in total. The second-order valence-corrected chi connectivity index (χ2v) is 8.36. The first kappa shape index (κ1) is 19.8. The van der Waals surface area contributed by atoms with Crippen molar-refractivity contribution in [2.24, 2.45) is 23.3 Å². The Morgan fingerprint density at radius 2 is 2.00 bits per heavy atom. The quantitative estimate of drug-likeness (QED) is 0.657. The number of hydrogen-bond donors (Lipinski definition) is 3. The number of amides is 2. The summed E-state index contributed by atoms with van der Waals surface area (Å²) >= 11 is 1.39. The van der Waals surface area contributed by atoms with E-state index >= 15 is 0 Å². The first-order valence-corrected chi connectivity index (χ1v) is 10.1. The molecular weight excluding hydrogens is 336 g/mol. The molecule has 6 nitrogen and oxygen atoms in total. The molecule has 2 unspecified atom stereocenters. The molecule has 0 saturated heterocycles. The summed E-state index contributed by atoms with van der Waals surface area (Å²) in [6.07, 6.45) is 7.27. The normalized spacial score (nSPS) is 18.1.